The second-order valence-electron chi connectivity index (χ2n) is 4.68. The van der Waals surface area contributed by atoms with E-state index in [0.717, 1.165) is 18.1 Å². The Balaban J connectivity index is 1.86. The van der Waals surface area contributed by atoms with Crippen molar-refractivity contribution in [3.8, 4) is 0 Å². The van der Waals surface area contributed by atoms with Crippen LogP contribution in [0.4, 0.5) is 5.82 Å². The lowest BCUT2D eigenvalue weighted by molar-refractivity contribution is 0.194. The molecule has 2 rings (SSSR count). The average molecular weight is 219 g/mol. The zero-order valence-corrected chi connectivity index (χ0v) is 10.2. The lowest BCUT2D eigenvalue weighted by atomic mass is 10.0. The Hall–Kier alpha value is -1.09. The van der Waals surface area contributed by atoms with Crippen molar-refractivity contribution in [3.05, 3.63) is 23.9 Å². The molecule has 0 bridgehead atoms. The molecule has 16 heavy (non-hydrogen) atoms. The summed E-state index contributed by atoms with van der Waals surface area (Å²) >= 11 is 0. The van der Waals surface area contributed by atoms with Crippen molar-refractivity contribution in [2.24, 2.45) is 0 Å². The van der Waals surface area contributed by atoms with Gasteiger partial charge in [-0.1, -0.05) is 12.5 Å². The fourth-order valence-electron chi connectivity index (χ4n) is 2.27. The number of rotatable bonds is 3. The third kappa shape index (κ3) is 2.95. The maximum atomic E-state index is 4.45. The highest BCUT2D eigenvalue weighted by molar-refractivity contribution is 5.35. The van der Waals surface area contributed by atoms with Gasteiger partial charge in [0, 0.05) is 18.3 Å². The first-order valence-electron chi connectivity index (χ1n) is 6.13. The number of aromatic nitrogens is 1. The van der Waals surface area contributed by atoms with E-state index in [1.54, 1.807) is 0 Å². The third-order valence-electron chi connectivity index (χ3n) is 3.33. The van der Waals surface area contributed by atoms with Gasteiger partial charge < -0.3 is 10.2 Å². The number of hydrogen-bond donors (Lipinski definition) is 1. The van der Waals surface area contributed by atoms with Crippen LogP contribution < -0.4 is 5.32 Å². The number of piperidine rings is 1. The van der Waals surface area contributed by atoms with Gasteiger partial charge in [0.25, 0.3) is 0 Å². The van der Waals surface area contributed by atoms with Crippen molar-refractivity contribution in [1.82, 2.24) is 9.88 Å². The van der Waals surface area contributed by atoms with Crippen LogP contribution in [0.2, 0.25) is 0 Å². The van der Waals surface area contributed by atoms with Gasteiger partial charge in [-0.15, -0.1) is 0 Å². The Bertz CT molecular complexity index is 338. The van der Waals surface area contributed by atoms with Gasteiger partial charge in [-0.2, -0.15) is 0 Å². The summed E-state index contributed by atoms with van der Waals surface area (Å²) < 4.78 is 0. The van der Waals surface area contributed by atoms with E-state index in [0.29, 0.717) is 6.04 Å². The van der Waals surface area contributed by atoms with E-state index in [4.69, 9.17) is 0 Å². The van der Waals surface area contributed by atoms with Gasteiger partial charge in [-0.05, 0) is 45.5 Å². The number of pyridine rings is 1. The van der Waals surface area contributed by atoms with Crippen molar-refractivity contribution in [2.45, 2.75) is 32.2 Å². The molecule has 1 aliphatic heterocycles. The van der Waals surface area contributed by atoms with Gasteiger partial charge in [0.1, 0.15) is 5.82 Å². The van der Waals surface area contributed by atoms with Gasteiger partial charge >= 0.3 is 0 Å². The summed E-state index contributed by atoms with van der Waals surface area (Å²) in [7, 11) is 2.22. The molecule has 3 nitrogen and oxygen atoms in total. The quantitative estimate of drug-likeness (QED) is 0.845. The molecule has 2 heterocycles. The number of aryl methyl sites for hydroxylation is 1. The second-order valence-corrected chi connectivity index (χ2v) is 4.68. The summed E-state index contributed by atoms with van der Waals surface area (Å²) in [6, 6.07) is 6.78. The van der Waals surface area contributed by atoms with Crippen LogP contribution in [0.15, 0.2) is 18.2 Å². The summed E-state index contributed by atoms with van der Waals surface area (Å²) in [5.74, 6) is 0.999. The van der Waals surface area contributed by atoms with Crippen molar-refractivity contribution < 1.29 is 0 Å². The average Bonchev–Trinajstić information content (AvgIpc) is 2.28. The molecule has 0 aliphatic carbocycles. The molecule has 1 atom stereocenters. The fourth-order valence-corrected chi connectivity index (χ4v) is 2.27. The lowest BCUT2D eigenvalue weighted by Gasteiger charge is -2.32. The molecule has 3 heteroatoms. The van der Waals surface area contributed by atoms with Crippen LogP contribution in [-0.4, -0.2) is 36.1 Å². The summed E-state index contributed by atoms with van der Waals surface area (Å²) in [6.45, 7) is 4.26. The predicted molar refractivity (Wildman–Crippen MR) is 67.7 cm³/mol. The Morgan fingerprint density at radius 2 is 2.31 bits per heavy atom. The first-order valence-corrected chi connectivity index (χ1v) is 6.13. The highest BCUT2D eigenvalue weighted by Crippen LogP contribution is 2.15. The first-order chi connectivity index (χ1) is 7.75. The van der Waals surface area contributed by atoms with Crippen molar-refractivity contribution in [3.63, 3.8) is 0 Å². The number of nitrogens with zero attached hydrogens (tertiary/aromatic N) is 2. The summed E-state index contributed by atoms with van der Waals surface area (Å²) in [6.07, 6.45) is 4.00. The number of likely N-dealkylation sites (N-methyl/N-ethyl adjacent to an activating group) is 1. The fraction of sp³-hybridized carbons (Fsp3) is 0.615. The molecule has 88 valence electrons. The Morgan fingerprint density at radius 1 is 1.44 bits per heavy atom. The molecule has 0 saturated carbocycles. The van der Waals surface area contributed by atoms with Gasteiger partial charge in [0.15, 0.2) is 0 Å². The molecule has 1 aliphatic rings. The van der Waals surface area contributed by atoms with E-state index >= 15 is 0 Å². The van der Waals surface area contributed by atoms with Crippen molar-refractivity contribution in [2.75, 3.05) is 25.5 Å². The maximum absolute atomic E-state index is 4.45. The van der Waals surface area contributed by atoms with Crippen LogP contribution in [0, 0.1) is 6.92 Å². The number of hydrogen-bond acceptors (Lipinski definition) is 3. The van der Waals surface area contributed by atoms with E-state index in [1.165, 1.54) is 25.8 Å². The zero-order chi connectivity index (χ0) is 11.4. The van der Waals surface area contributed by atoms with Gasteiger partial charge in [0.2, 0.25) is 0 Å². The molecule has 0 spiro atoms. The highest BCUT2D eigenvalue weighted by atomic mass is 15.2. The van der Waals surface area contributed by atoms with E-state index in [9.17, 15) is 0 Å². The molecule has 0 radical (unpaired) electrons. The molecule has 1 N–H and O–H groups in total. The standard InChI is InChI=1S/C13H21N3/c1-11-6-5-8-13(15-11)14-10-12-7-3-4-9-16(12)2/h5-6,8,12H,3-4,7,9-10H2,1-2H3,(H,14,15). The molecular formula is C13H21N3. The van der Waals surface area contributed by atoms with E-state index in [1.807, 2.05) is 19.1 Å². The smallest absolute Gasteiger partial charge is 0.126 e. The van der Waals surface area contributed by atoms with E-state index < -0.39 is 0 Å². The van der Waals surface area contributed by atoms with Crippen LogP contribution in [0.25, 0.3) is 0 Å². The molecule has 1 fully saturated rings. The molecule has 1 aromatic rings. The third-order valence-corrected chi connectivity index (χ3v) is 3.33. The molecular weight excluding hydrogens is 198 g/mol. The number of nitrogens with one attached hydrogen (secondary N) is 1. The molecule has 1 unspecified atom stereocenters. The minimum absolute atomic E-state index is 0.663. The van der Waals surface area contributed by atoms with Gasteiger partial charge in [0.05, 0.1) is 0 Å². The van der Waals surface area contributed by atoms with Crippen LogP contribution >= 0.6 is 0 Å². The monoisotopic (exact) mass is 219 g/mol. The number of anilines is 1. The zero-order valence-electron chi connectivity index (χ0n) is 10.2. The lowest BCUT2D eigenvalue weighted by Crippen LogP contribution is -2.40. The second kappa shape index (κ2) is 5.30. The van der Waals surface area contributed by atoms with Crippen LogP contribution in [0.3, 0.4) is 0 Å². The SMILES string of the molecule is Cc1cccc(NCC2CCCCN2C)n1. The van der Waals surface area contributed by atoms with Crippen molar-refractivity contribution in [1.29, 1.82) is 0 Å². The van der Waals surface area contributed by atoms with Crippen molar-refractivity contribution >= 4 is 5.82 Å². The highest BCUT2D eigenvalue weighted by Gasteiger charge is 2.18. The largest absolute Gasteiger partial charge is 0.368 e. The Kier molecular flexibility index (Phi) is 3.78. The van der Waals surface area contributed by atoms with Gasteiger partial charge in [-0.25, -0.2) is 4.98 Å². The summed E-state index contributed by atoms with van der Waals surface area (Å²) in [5, 5.41) is 3.43. The van der Waals surface area contributed by atoms with Crippen LogP contribution in [0.1, 0.15) is 25.0 Å². The molecule has 0 amide bonds. The first kappa shape index (κ1) is 11.4. The topological polar surface area (TPSA) is 28.2 Å². The Labute approximate surface area is 97.9 Å². The predicted octanol–water partition coefficient (Wildman–Crippen LogP) is 2.29. The summed E-state index contributed by atoms with van der Waals surface area (Å²) in [4.78, 5) is 6.90. The van der Waals surface area contributed by atoms with Crippen LogP contribution in [0.5, 0.6) is 0 Å². The minimum Gasteiger partial charge on any atom is -0.368 e. The maximum Gasteiger partial charge on any atom is 0.126 e. The van der Waals surface area contributed by atoms with E-state index in [-0.39, 0.29) is 0 Å². The summed E-state index contributed by atoms with van der Waals surface area (Å²) in [5.41, 5.74) is 1.07. The van der Waals surface area contributed by atoms with E-state index in [2.05, 4.69) is 28.3 Å². The molecule has 0 aromatic carbocycles. The van der Waals surface area contributed by atoms with Crippen LogP contribution in [-0.2, 0) is 0 Å². The Morgan fingerprint density at radius 3 is 3.06 bits per heavy atom. The normalized spacial score (nSPS) is 22.0. The van der Waals surface area contributed by atoms with Gasteiger partial charge in [-0.3, -0.25) is 0 Å². The minimum atomic E-state index is 0.663. The molecule has 1 aromatic heterocycles. The molecule has 1 saturated heterocycles. The number of likely N-dealkylation sites (tertiary alicyclic amines) is 1.